The average Bonchev–Trinajstić information content (AvgIpc) is 3.43. The van der Waals surface area contributed by atoms with Crippen LogP contribution in [0.15, 0.2) is 73.3 Å². The number of halogens is 1. The van der Waals surface area contributed by atoms with Gasteiger partial charge < -0.3 is 4.98 Å². The number of hydrogen-bond acceptors (Lipinski definition) is 5. The summed E-state index contributed by atoms with van der Waals surface area (Å²) < 4.78 is 13.4. The fourth-order valence-corrected chi connectivity index (χ4v) is 3.64. The first kappa shape index (κ1) is 17.4. The number of nitrogens with one attached hydrogen (secondary N) is 2. The summed E-state index contributed by atoms with van der Waals surface area (Å²) >= 11 is 0. The number of rotatable bonds is 3. The number of H-pyrrole nitrogens is 2. The number of benzene rings is 1. The van der Waals surface area contributed by atoms with E-state index in [0.717, 1.165) is 44.5 Å². The number of hydrogen-bond donors (Lipinski definition) is 2. The van der Waals surface area contributed by atoms with Crippen LogP contribution in [-0.4, -0.2) is 35.1 Å². The summed E-state index contributed by atoms with van der Waals surface area (Å²) in [5.74, 6) is 0.322. The Bertz CT molecular complexity index is 1540. The second-order valence-electron chi connectivity index (χ2n) is 7.08. The van der Waals surface area contributed by atoms with Gasteiger partial charge in [-0.15, -0.1) is 0 Å². The molecule has 0 unspecified atom stereocenters. The van der Waals surface area contributed by atoms with Crippen LogP contribution in [-0.2, 0) is 0 Å². The molecular formula is C23H14FN7. The first-order valence-corrected chi connectivity index (χ1v) is 9.62. The van der Waals surface area contributed by atoms with Crippen molar-refractivity contribution in [2.24, 2.45) is 0 Å². The minimum atomic E-state index is -0.285. The fourth-order valence-electron chi connectivity index (χ4n) is 3.64. The summed E-state index contributed by atoms with van der Waals surface area (Å²) in [5, 5.41) is 8.35. The van der Waals surface area contributed by atoms with Crippen molar-refractivity contribution < 1.29 is 4.39 Å². The first-order chi connectivity index (χ1) is 15.3. The Morgan fingerprint density at radius 2 is 1.74 bits per heavy atom. The lowest BCUT2D eigenvalue weighted by Crippen LogP contribution is -1.87. The van der Waals surface area contributed by atoms with E-state index in [1.165, 1.54) is 12.1 Å². The predicted octanol–water partition coefficient (Wildman–Crippen LogP) is 4.76. The smallest absolute Gasteiger partial charge is 0.159 e. The normalized spacial score (nSPS) is 11.4. The SMILES string of the molecule is Fc1ccc(-c2cncc3[nH]c(-c4n[nH]c5cnc(-c6ccccn6)cc45)nc23)cc1. The summed E-state index contributed by atoms with van der Waals surface area (Å²) in [6.07, 6.45) is 6.92. The third-order valence-electron chi connectivity index (χ3n) is 5.15. The van der Waals surface area contributed by atoms with Crippen molar-refractivity contribution in [3.8, 4) is 34.0 Å². The van der Waals surface area contributed by atoms with Crippen LogP contribution in [0.3, 0.4) is 0 Å². The van der Waals surface area contributed by atoms with Gasteiger partial charge in [0.2, 0.25) is 0 Å². The fraction of sp³-hybridized carbons (Fsp3) is 0. The molecule has 5 heterocycles. The van der Waals surface area contributed by atoms with Crippen LogP contribution >= 0.6 is 0 Å². The van der Waals surface area contributed by atoms with Gasteiger partial charge in [-0.25, -0.2) is 9.37 Å². The molecule has 0 aliphatic rings. The minimum absolute atomic E-state index is 0.285. The van der Waals surface area contributed by atoms with Crippen LogP contribution in [0.5, 0.6) is 0 Å². The van der Waals surface area contributed by atoms with Gasteiger partial charge >= 0.3 is 0 Å². The molecule has 5 aromatic heterocycles. The summed E-state index contributed by atoms with van der Waals surface area (Å²) in [5.41, 5.74) is 6.17. The number of fused-ring (bicyclic) bond motifs is 2. The lowest BCUT2D eigenvalue weighted by atomic mass is 10.1. The van der Waals surface area contributed by atoms with Gasteiger partial charge in [-0.1, -0.05) is 18.2 Å². The molecule has 31 heavy (non-hydrogen) atoms. The molecule has 6 rings (SSSR count). The molecule has 0 bridgehead atoms. The second-order valence-corrected chi connectivity index (χ2v) is 7.08. The monoisotopic (exact) mass is 407 g/mol. The van der Waals surface area contributed by atoms with Crippen LogP contribution in [0.4, 0.5) is 4.39 Å². The maximum absolute atomic E-state index is 13.4. The van der Waals surface area contributed by atoms with Crippen molar-refractivity contribution in [3.05, 3.63) is 79.1 Å². The molecule has 0 radical (unpaired) electrons. The van der Waals surface area contributed by atoms with E-state index in [-0.39, 0.29) is 5.82 Å². The van der Waals surface area contributed by atoms with E-state index in [4.69, 9.17) is 4.98 Å². The van der Waals surface area contributed by atoms with Gasteiger partial charge in [-0.05, 0) is 35.9 Å². The maximum atomic E-state index is 13.4. The molecule has 0 amide bonds. The molecule has 0 aliphatic carbocycles. The Balaban J connectivity index is 1.51. The Morgan fingerprint density at radius 1 is 0.839 bits per heavy atom. The highest BCUT2D eigenvalue weighted by Crippen LogP contribution is 2.31. The molecule has 8 heteroatoms. The molecule has 6 aromatic rings. The van der Waals surface area contributed by atoms with Gasteiger partial charge in [0, 0.05) is 23.3 Å². The second kappa shape index (κ2) is 6.81. The average molecular weight is 407 g/mol. The van der Waals surface area contributed by atoms with Crippen molar-refractivity contribution in [1.29, 1.82) is 0 Å². The number of aromatic nitrogens is 7. The molecule has 148 valence electrons. The largest absolute Gasteiger partial charge is 0.335 e. The number of nitrogens with zero attached hydrogens (tertiary/aromatic N) is 5. The van der Waals surface area contributed by atoms with Gasteiger partial charge in [0.25, 0.3) is 0 Å². The zero-order valence-electron chi connectivity index (χ0n) is 16.0. The van der Waals surface area contributed by atoms with Gasteiger partial charge in [-0.3, -0.25) is 20.1 Å². The molecule has 0 fully saturated rings. The predicted molar refractivity (Wildman–Crippen MR) is 115 cm³/mol. The highest BCUT2D eigenvalue weighted by Gasteiger charge is 2.16. The van der Waals surface area contributed by atoms with Crippen molar-refractivity contribution >= 4 is 21.9 Å². The molecule has 1 aromatic carbocycles. The number of imidazole rings is 1. The summed E-state index contributed by atoms with van der Waals surface area (Å²) in [6, 6.07) is 13.9. The zero-order valence-corrected chi connectivity index (χ0v) is 16.0. The van der Waals surface area contributed by atoms with Crippen LogP contribution < -0.4 is 0 Å². The van der Waals surface area contributed by atoms with Crippen LogP contribution in [0.25, 0.3) is 56.0 Å². The third kappa shape index (κ3) is 2.93. The van der Waals surface area contributed by atoms with Crippen LogP contribution in [0.1, 0.15) is 0 Å². The van der Waals surface area contributed by atoms with Crippen molar-refractivity contribution in [2.75, 3.05) is 0 Å². The Hall–Kier alpha value is -4.46. The molecule has 7 nitrogen and oxygen atoms in total. The van der Waals surface area contributed by atoms with Gasteiger partial charge in [0.15, 0.2) is 5.82 Å². The van der Waals surface area contributed by atoms with Gasteiger partial charge in [-0.2, -0.15) is 5.10 Å². The molecule has 0 saturated carbocycles. The van der Waals surface area contributed by atoms with E-state index in [1.807, 2.05) is 24.3 Å². The topological polar surface area (TPSA) is 96.0 Å². The molecule has 0 saturated heterocycles. The standard InChI is InChI=1S/C23H14FN7/c24-14-6-4-13(5-7-14)16-10-25-11-20-21(16)29-23(28-20)22-15-9-18(17-3-1-2-8-26-17)27-12-19(15)30-31-22/h1-12H,(H,28,29)(H,30,31). The Kier molecular flexibility index (Phi) is 3.82. The van der Waals surface area contributed by atoms with E-state index in [2.05, 4.69) is 30.1 Å². The highest BCUT2D eigenvalue weighted by atomic mass is 19.1. The lowest BCUT2D eigenvalue weighted by molar-refractivity contribution is 0.628. The van der Waals surface area contributed by atoms with E-state index >= 15 is 0 Å². The molecule has 0 aliphatic heterocycles. The van der Waals surface area contributed by atoms with E-state index in [0.29, 0.717) is 11.5 Å². The third-order valence-corrected chi connectivity index (χ3v) is 5.15. The minimum Gasteiger partial charge on any atom is -0.335 e. The van der Waals surface area contributed by atoms with Crippen molar-refractivity contribution in [1.82, 2.24) is 35.1 Å². The maximum Gasteiger partial charge on any atom is 0.159 e. The van der Waals surface area contributed by atoms with Gasteiger partial charge in [0.1, 0.15) is 11.5 Å². The lowest BCUT2D eigenvalue weighted by Gasteiger charge is -2.01. The number of aromatic amines is 2. The summed E-state index contributed by atoms with van der Waals surface area (Å²) in [6.45, 7) is 0. The Morgan fingerprint density at radius 3 is 2.58 bits per heavy atom. The van der Waals surface area contributed by atoms with Crippen molar-refractivity contribution in [2.45, 2.75) is 0 Å². The van der Waals surface area contributed by atoms with Crippen molar-refractivity contribution in [3.63, 3.8) is 0 Å². The zero-order chi connectivity index (χ0) is 20.8. The molecule has 2 N–H and O–H groups in total. The van der Waals surface area contributed by atoms with Gasteiger partial charge in [0.05, 0.1) is 40.3 Å². The number of pyridine rings is 3. The highest BCUT2D eigenvalue weighted by molar-refractivity contribution is 5.97. The van der Waals surface area contributed by atoms with Crippen LogP contribution in [0.2, 0.25) is 0 Å². The van der Waals surface area contributed by atoms with E-state index in [1.54, 1.807) is 36.9 Å². The molecule has 0 atom stereocenters. The van der Waals surface area contributed by atoms with E-state index in [9.17, 15) is 4.39 Å². The summed E-state index contributed by atoms with van der Waals surface area (Å²) in [7, 11) is 0. The quantitative estimate of drug-likeness (QED) is 0.441. The Labute approximate surface area is 175 Å². The van der Waals surface area contributed by atoms with Crippen LogP contribution in [0, 0.1) is 5.82 Å². The van der Waals surface area contributed by atoms with E-state index < -0.39 is 0 Å². The molecular weight excluding hydrogens is 393 g/mol. The first-order valence-electron chi connectivity index (χ1n) is 9.62. The molecule has 0 spiro atoms. The summed E-state index contributed by atoms with van der Waals surface area (Å²) in [4.78, 5) is 21.3.